The van der Waals surface area contributed by atoms with Crippen molar-refractivity contribution in [2.45, 2.75) is 20.8 Å². The van der Waals surface area contributed by atoms with Crippen LogP contribution in [0.5, 0.6) is 0 Å². The SMILES string of the molecule is CCOC(=O)C(O)=C(C#N)c1ccc(C)c(C)c1. The largest absolute Gasteiger partial charge is 0.501 e. The molecule has 0 aliphatic carbocycles. The van der Waals surface area contributed by atoms with Crippen LogP contribution in [0.15, 0.2) is 24.0 Å². The molecule has 0 aliphatic rings. The summed E-state index contributed by atoms with van der Waals surface area (Å²) < 4.78 is 4.66. The van der Waals surface area contributed by atoms with Crippen LogP contribution in [-0.2, 0) is 9.53 Å². The topological polar surface area (TPSA) is 70.3 Å². The first-order valence-corrected chi connectivity index (χ1v) is 5.59. The van der Waals surface area contributed by atoms with Gasteiger partial charge in [-0.2, -0.15) is 5.26 Å². The minimum Gasteiger partial charge on any atom is -0.501 e. The van der Waals surface area contributed by atoms with Gasteiger partial charge in [-0.15, -0.1) is 0 Å². The normalized spacial score (nSPS) is 11.4. The highest BCUT2D eigenvalue weighted by molar-refractivity contribution is 5.98. The molecule has 0 saturated carbocycles. The van der Waals surface area contributed by atoms with Gasteiger partial charge in [-0.1, -0.05) is 18.2 Å². The van der Waals surface area contributed by atoms with Gasteiger partial charge >= 0.3 is 5.97 Å². The predicted octanol–water partition coefficient (Wildman–Crippen LogP) is 2.66. The van der Waals surface area contributed by atoms with E-state index in [4.69, 9.17) is 5.26 Å². The highest BCUT2D eigenvalue weighted by atomic mass is 16.5. The van der Waals surface area contributed by atoms with Gasteiger partial charge in [-0.25, -0.2) is 4.79 Å². The molecule has 0 fully saturated rings. The van der Waals surface area contributed by atoms with Crippen molar-refractivity contribution in [1.82, 2.24) is 0 Å². The molecule has 1 aromatic rings. The Kier molecular flexibility index (Phi) is 4.50. The first kappa shape index (κ1) is 13.8. The van der Waals surface area contributed by atoms with Crippen LogP contribution in [0, 0.1) is 25.2 Å². The highest BCUT2D eigenvalue weighted by Crippen LogP contribution is 2.20. The van der Waals surface area contributed by atoms with E-state index in [1.807, 2.05) is 26.0 Å². The number of allylic oxidation sites excluding steroid dienone is 1. The quantitative estimate of drug-likeness (QED) is 0.384. The van der Waals surface area contributed by atoms with E-state index in [-0.39, 0.29) is 12.2 Å². The summed E-state index contributed by atoms with van der Waals surface area (Å²) in [5, 5.41) is 18.8. The molecule has 0 amide bonds. The number of hydrogen-bond acceptors (Lipinski definition) is 4. The van der Waals surface area contributed by atoms with Crippen LogP contribution in [-0.4, -0.2) is 17.7 Å². The number of nitrogens with zero attached hydrogens (tertiary/aromatic N) is 1. The van der Waals surface area contributed by atoms with Gasteiger partial charge in [0, 0.05) is 0 Å². The number of esters is 1. The van der Waals surface area contributed by atoms with Crippen molar-refractivity contribution in [2.75, 3.05) is 6.61 Å². The fraction of sp³-hybridized carbons (Fsp3) is 0.286. The van der Waals surface area contributed by atoms with E-state index in [0.29, 0.717) is 5.56 Å². The van der Waals surface area contributed by atoms with Crippen LogP contribution in [0.1, 0.15) is 23.6 Å². The van der Waals surface area contributed by atoms with E-state index in [2.05, 4.69) is 4.74 Å². The Morgan fingerprint density at radius 3 is 2.56 bits per heavy atom. The number of carbonyl (C=O) groups excluding carboxylic acids is 1. The maximum Gasteiger partial charge on any atom is 0.374 e. The van der Waals surface area contributed by atoms with E-state index in [1.165, 1.54) is 0 Å². The molecule has 1 rings (SSSR count). The molecular weight excluding hydrogens is 230 g/mol. The Labute approximate surface area is 106 Å². The summed E-state index contributed by atoms with van der Waals surface area (Å²) in [7, 11) is 0. The van der Waals surface area contributed by atoms with Crippen LogP contribution in [0.25, 0.3) is 5.57 Å². The third-order valence-corrected chi connectivity index (χ3v) is 2.61. The number of aliphatic hydroxyl groups is 1. The fourth-order valence-corrected chi connectivity index (χ4v) is 1.45. The lowest BCUT2D eigenvalue weighted by Crippen LogP contribution is -2.09. The molecule has 0 bridgehead atoms. The smallest absolute Gasteiger partial charge is 0.374 e. The molecule has 0 atom stereocenters. The summed E-state index contributed by atoms with van der Waals surface area (Å²) >= 11 is 0. The number of ether oxygens (including phenoxy) is 1. The lowest BCUT2D eigenvalue weighted by atomic mass is 10.0. The second-order valence-corrected chi connectivity index (χ2v) is 3.85. The van der Waals surface area contributed by atoms with Crippen molar-refractivity contribution in [3.8, 4) is 6.07 Å². The van der Waals surface area contributed by atoms with Crippen molar-refractivity contribution >= 4 is 11.5 Å². The summed E-state index contributed by atoms with van der Waals surface area (Å²) in [4.78, 5) is 11.4. The number of rotatable bonds is 3. The van der Waals surface area contributed by atoms with Gasteiger partial charge in [0.05, 0.1) is 6.61 Å². The maximum atomic E-state index is 11.4. The minimum atomic E-state index is -0.882. The average molecular weight is 245 g/mol. The Hall–Kier alpha value is -2.28. The second-order valence-electron chi connectivity index (χ2n) is 3.85. The van der Waals surface area contributed by atoms with Crippen LogP contribution >= 0.6 is 0 Å². The molecular formula is C14H15NO3. The summed E-state index contributed by atoms with van der Waals surface area (Å²) in [6.07, 6.45) is 0. The molecule has 0 saturated heterocycles. The first-order valence-electron chi connectivity index (χ1n) is 5.59. The third-order valence-electron chi connectivity index (χ3n) is 2.61. The van der Waals surface area contributed by atoms with Crippen molar-refractivity contribution < 1.29 is 14.6 Å². The average Bonchev–Trinajstić information content (AvgIpc) is 2.34. The summed E-state index contributed by atoms with van der Waals surface area (Å²) in [6, 6.07) is 7.11. The maximum absolute atomic E-state index is 11.4. The van der Waals surface area contributed by atoms with Crippen LogP contribution in [0.4, 0.5) is 0 Å². The first-order chi connectivity index (χ1) is 8.51. The standard InChI is InChI=1S/C14H15NO3/c1-4-18-14(17)13(16)12(8-15)11-6-5-9(2)10(3)7-11/h5-7,16H,4H2,1-3H3. The molecule has 0 spiro atoms. The molecule has 0 heterocycles. The molecule has 0 unspecified atom stereocenters. The molecule has 4 nitrogen and oxygen atoms in total. The van der Waals surface area contributed by atoms with E-state index in [1.54, 1.807) is 19.1 Å². The van der Waals surface area contributed by atoms with Gasteiger partial charge in [0.2, 0.25) is 5.76 Å². The van der Waals surface area contributed by atoms with Gasteiger partial charge < -0.3 is 9.84 Å². The molecule has 0 radical (unpaired) electrons. The number of aryl methyl sites for hydroxylation is 2. The zero-order valence-electron chi connectivity index (χ0n) is 10.7. The highest BCUT2D eigenvalue weighted by Gasteiger charge is 2.17. The zero-order chi connectivity index (χ0) is 13.7. The second kappa shape index (κ2) is 5.87. The Balaban J connectivity index is 3.25. The van der Waals surface area contributed by atoms with Crippen LogP contribution in [0.3, 0.4) is 0 Å². The lowest BCUT2D eigenvalue weighted by Gasteiger charge is -2.06. The summed E-state index contributed by atoms with van der Waals surface area (Å²) in [5.74, 6) is -1.53. The summed E-state index contributed by atoms with van der Waals surface area (Å²) in [5.41, 5.74) is 2.49. The Morgan fingerprint density at radius 2 is 2.06 bits per heavy atom. The monoisotopic (exact) mass is 245 g/mol. The molecule has 0 aromatic heterocycles. The van der Waals surface area contributed by atoms with Crippen molar-refractivity contribution in [3.05, 3.63) is 40.6 Å². The predicted molar refractivity (Wildman–Crippen MR) is 67.7 cm³/mol. The summed E-state index contributed by atoms with van der Waals surface area (Å²) in [6.45, 7) is 5.62. The number of carbonyl (C=O) groups is 1. The molecule has 0 aliphatic heterocycles. The Morgan fingerprint density at radius 1 is 1.39 bits per heavy atom. The van der Waals surface area contributed by atoms with E-state index < -0.39 is 11.7 Å². The number of aliphatic hydroxyl groups excluding tert-OH is 1. The lowest BCUT2D eigenvalue weighted by molar-refractivity contribution is -0.141. The van der Waals surface area contributed by atoms with Gasteiger partial charge in [-0.3, -0.25) is 0 Å². The van der Waals surface area contributed by atoms with Crippen LogP contribution < -0.4 is 0 Å². The molecule has 1 N–H and O–H groups in total. The van der Waals surface area contributed by atoms with E-state index in [9.17, 15) is 9.90 Å². The van der Waals surface area contributed by atoms with Gasteiger partial charge in [0.15, 0.2) is 0 Å². The fourth-order valence-electron chi connectivity index (χ4n) is 1.45. The van der Waals surface area contributed by atoms with Gasteiger partial charge in [0.25, 0.3) is 0 Å². The van der Waals surface area contributed by atoms with Gasteiger partial charge in [-0.05, 0) is 37.5 Å². The van der Waals surface area contributed by atoms with E-state index >= 15 is 0 Å². The van der Waals surface area contributed by atoms with Crippen molar-refractivity contribution in [1.29, 1.82) is 5.26 Å². The third kappa shape index (κ3) is 2.89. The number of nitriles is 1. The van der Waals surface area contributed by atoms with Crippen molar-refractivity contribution in [2.24, 2.45) is 0 Å². The van der Waals surface area contributed by atoms with Gasteiger partial charge in [0.1, 0.15) is 11.6 Å². The molecule has 4 heteroatoms. The minimum absolute atomic E-state index is 0.0726. The Bertz CT molecular complexity index is 538. The number of hydrogen-bond donors (Lipinski definition) is 1. The molecule has 1 aromatic carbocycles. The zero-order valence-corrected chi connectivity index (χ0v) is 10.7. The molecule has 18 heavy (non-hydrogen) atoms. The van der Waals surface area contributed by atoms with Crippen molar-refractivity contribution in [3.63, 3.8) is 0 Å². The molecule has 94 valence electrons. The van der Waals surface area contributed by atoms with Crippen LogP contribution in [0.2, 0.25) is 0 Å². The number of benzene rings is 1. The van der Waals surface area contributed by atoms with E-state index in [0.717, 1.165) is 11.1 Å².